The van der Waals surface area contributed by atoms with E-state index in [1.54, 1.807) is 0 Å². The van der Waals surface area contributed by atoms with Gasteiger partial charge in [-0.1, -0.05) is 0 Å². The first kappa shape index (κ1) is 14.8. The molecule has 0 unspecified atom stereocenters. The summed E-state index contributed by atoms with van der Waals surface area (Å²) in [6, 6.07) is 6.26. The Morgan fingerprint density at radius 2 is 2.26 bits per heavy atom. The van der Waals surface area contributed by atoms with Crippen molar-refractivity contribution in [2.45, 2.75) is 39.3 Å². The number of likely N-dealkylation sites (tertiary alicyclic amines) is 1. The van der Waals surface area contributed by atoms with E-state index in [9.17, 15) is 0 Å². The van der Waals surface area contributed by atoms with E-state index in [-0.39, 0.29) is 0 Å². The van der Waals surface area contributed by atoms with Crippen molar-refractivity contribution in [1.29, 1.82) is 0 Å². The minimum absolute atomic E-state index is 0.518. The zero-order valence-corrected chi connectivity index (χ0v) is 14.5. The molecule has 1 aliphatic heterocycles. The van der Waals surface area contributed by atoms with E-state index >= 15 is 0 Å². The van der Waals surface area contributed by atoms with Crippen molar-refractivity contribution in [3.8, 4) is 0 Å². The van der Waals surface area contributed by atoms with E-state index in [0.29, 0.717) is 5.92 Å². The Hall–Kier alpha value is -1.72. The van der Waals surface area contributed by atoms with Gasteiger partial charge in [0, 0.05) is 36.6 Å². The molecule has 0 saturated carbocycles. The van der Waals surface area contributed by atoms with Gasteiger partial charge in [0.05, 0.1) is 0 Å². The molecule has 1 saturated heterocycles. The second-order valence-corrected chi connectivity index (χ2v) is 7.31. The Morgan fingerprint density at radius 3 is 3.04 bits per heavy atom. The fraction of sp³-hybridized carbons (Fsp3) is 0.444. The summed E-state index contributed by atoms with van der Waals surface area (Å²) in [7, 11) is 0. The van der Waals surface area contributed by atoms with Crippen LogP contribution in [-0.2, 0) is 13.1 Å². The molecule has 4 rings (SSSR count). The Balaban J connectivity index is 1.57. The van der Waals surface area contributed by atoms with Gasteiger partial charge in [-0.3, -0.25) is 4.90 Å². The summed E-state index contributed by atoms with van der Waals surface area (Å²) >= 11 is 1.87. The predicted molar refractivity (Wildman–Crippen MR) is 94.9 cm³/mol. The number of hydrogen-bond acceptors (Lipinski definition) is 4. The monoisotopic (exact) mass is 326 g/mol. The van der Waals surface area contributed by atoms with Gasteiger partial charge in [0.2, 0.25) is 0 Å². The van der Waals surface area contributed by atoms with Crippen LogP contribution in [0.1, 0.15) is 35.5 Å². The van der Waals surface area contributed by atoms with Crippen molar-refractivity contribution < 1.29 is 0 Å². The average molecular weight is 326 g/mol. The summed E-state index contributed by atoms with van der Waals surface area (Å²) in [6.07, 6.45) is 3.05. The summed E-state index contributed by atoms with van der Waals surface area (Å²) in [4.78, 5) is 13.5. The van der Waals surface area contributed by atoms with Gasteiger partial charge in [-0.25, -0.2) is 9.97 Å². The van der Waals surface area contributed by atoms with Gasteiger partial charge >= 0.3 is 0 Å². The molecule has 1 atom stereocenters. The molecule has 5 heteroatoms. The lowest BCUT2D eigenvalue weighted by Crippen LogP contribution is -2.20. The summed E-state index contributed by atoms with van der Waals surface area (Å²) in [5.41, 5.74) is 3.47. The van der Waals surface area contributed by atoms with Crippen LogP contribution in [0.15, 0.2) is 29.8 Å². The predicted octanol–water partition coefficient (Wildman–Crippen LogP) is 3.81. The van der Waals surface area contributed by atoms with Crippen LogP contribution in [0.4, 0.5) is 0 Å². The molecule has 0 aliphatic carbocycles. The molecule has 4 heterocycles. The fourth-order valence-electron chi connectivity index (χ4n) is 3.56. The number of pyridine rings is 1. The van der Waals surface area contributed by atoms with E-state index in [1.807, 2.05) is 23.6 Å². The number of imidazole rings is 1. The molecular weight excluding hydrogens is 304 g/mol. The normalized spacial score (nSPS) is 19.0. The first-order chi connectivity index (χ1) is 11.3. The molecule has 23 heavy (non-hydrogen) atoms. The van der Waals surface area contributed by atoms with Crippen LogP contribution in [0.2, 0.25) is 0 Å². The molecule has 3 aromatic heterocycles. The molecule has 120 valence electrons. The third-order valence-electron chi connectivity index (χ3n) is 4.82. The molecule has 0 amide bonds. The molecular formula is C18H22N4S. The smallest absolute Gasteiger partial charge is 0.159 e. The number of aryl methyl sites for hydroxylation is 2. The van der Waals surface area contributed by atoms with Gasteiger partial charge in [-0.05, 0) is 56.0 Å². The van der Waals surface area contributed by atoms with Crippen molar-refractivity contribution in [3.05, 3.63) is 46.0 Å². The van der Waals surface area contributed by atoms with Crippen LogP contribution in [0.5, 0.6) is 0 Å². The van der Waals surface area contributed by atoms with Crippen LogP contribution in [-0.4, -0.2) is 32.5 Å². The van der Waals surface area contributed by atoms with Gasteiger partial charge in [-0.2, -0.15) is 0 Å². The number of fused-ring (bicyclic) bond motifs is 1. The van der Waals surface area contributed by atoms with Crippen LogP contribution in [0.25, 0.3) is 11.2 Å². The van der Waals surface area contributed by atoms with Crippen molar-refractivity contribution in [1.82, 2.24) is 19.4 Å². The molecule has 1 aliphatic rings. The fourth-order valence-corrected chi connectivity index (χ4v) is 4.50. The third kappa shape index (κ3) is 2.68. The Morgan fingerprint density at radius 1 is 1.35 bits per heavy atom. The topological polar surface area (TPSA) is 34.0 Å². The van der Waals surface area contributed by atoms with E-state index in [1.165, 1.54) is 22.7 Å². The minimum atomic E-state index is 0.518. The van der Waals surface area contributed by atoms with Gasteiger partial charge in [-0.15, -0.1) is 11.3 Å². The highest BCUT2D eigenvalue weighted by atomic mass is 32.1. The number of aromatic nitrogens is 3. The first-order valence-electron chi connectivity index (χ1n) is 8.32. The SMILES string of the molecule is CCn1c([C@@H]2CCN(Cc3sccc3C)C2)nc2cccnc21. The van der Waals surface area contributed by atoms with E-state index in [0.717, 1.165) is 37.3 Å². The third-order valence-corrected chi connectivity index (χ3v) is 5.83. The van der Waals surface area contributed by atoms with Crippen LogP contribution in [0.3, 0.4) is 0 Å². The maximum atomic E-state index is 4.89. The number of rotatable bonds is 4. The van der Waals surface area contributed by atoms with Gasteiger partial charge in [0.1, 0.15) is 11.3 Å². The largest absolute Gasteiger partial charge is 0.313 e. The zero-order chi connectivity index (χ0) is 15.8. The summed E-state index contributed by atoms with van der Waals surface area (Å²) in [6.45, 7) is 8.65. The van der Waals surface area contributed by atoms with E-state index < -0.39 is 0 Å². The average Bonchev–Trinajstić information content (AvgIpc) is 3.26. The van der Waals surface area contributed by atoms with Crippen molar-refractivity contribution in [3.63, 3.8) is 0 Å². The maximum Gasteiger partial charge on any atom is 0.159 e. The highest BCUT2D eigenvalue weighted by molar-refractivity contribution is 7.10. The maximum absolute atomic E-state index is 4.89. The standard InChI is InChI=1S/C18H22N4S/c1-3-22-17(20-15-5-4-8-19-18(15)22)14-6-9-21(11-14)12-16-13(2)7-10-23-16/h4-5,7-8,10,14H,3,6,9,11-12H2,1-2H3/t14-/m1/s1. The molecule has 1 fully saturated rings. The lowest BCUT2D eigenvalue weighted by molar-refractivity contribution is 0.327. The second kappa shape index (κ2) is 6.06. The minimum Gasteiger partial charge on any atom is -0.313 e. The Labute approximate surface area is 140 Å². The van der Waals surface area contributed by atoms with Crippen LogP contribution in [0, 0.1) is 6.92 Å². The summed E-state index contributed by atoms with van der Waals surface area (Å²) in [5, 5.41) is 2.19. The summed E-state index contributed by atoms with van der Waals surface area (Å²) < 4.78 is 2.29. The number of thiophene rings is 1. The quantitative estimate of drug-likeness (QED) is 0.731. The lowest BCUT2D eigenvalue weighted by Gasteiger charge is -2.16. The summed E-state index contributed by atoms with van der Waals surface area (Å²) in [5.74, 6) is 1.73. The van der Waals surface area contributed by atoms with Crippen LogP contribution < -0.4 is 0 Å². The molecule has 4 nitrogen and oxygen atoms in total. The molecule has 0 spiro atoms. The molecule has 0 aromatic carbocycles. The van der Waals surface area contributed by atoms with E-state index in [2.05, 4.69) is 45.8 Å². The Kier molecular flexibility index (Phi) is 3.91. The first-order valence-corrected chi connectivity index (χ1v) is 9.20. The van der Waals surface area contributed by atoms with Crippen molar-refractivity contribution in [2.24, 2.45) is 0 Å². The van der Waals surface area contributed by atoms with Crippen LogP contribution >= 0.6 is 11.3 Å². The lowest BCUT2D eigenvalue weighted by atomic mass is 10.1. The zero-order valence-electron chi connectivity index (χ0n) is 13.7. The van der Waals surface area contributed by atoms with E-state index in [4.69, 9.17) is 4.98 Å². The van der Waals surface area contributed by atoms with Gasteiger partial charge in [0.15, 0.2) is 5.65 Å². The highest BCUT2D eigenvalue weighted by Crippen LogP contribution is 2.30. The Bertz CT molecular complexity index is 819. The van der Waals surface area contributed by atoms with Gasteiger partial charge < -0.3 is 4.57 Å². The molecule has 0 radical (unpaired) electrons. The molecule has 0 bridgehead atoms. The number of hydrogen-bond donors (Lipinski definition) is 0. The van der Waals surface area contributed by atoms with Gasteiger partial charge in [0.25, 0.3) is 0 Å². The van der Waals surface area contributed by atoms with Crippen molar-refractivity contribution >= 4 is 22.5 Å². The molecule has 3 aromatic rings. The number of nitrogens with zero attached hydrogens (tertiary/aromatic N) is 4. The highest BCUT2D eigenvalue weighted by Gasteiger charge is 2.28. The second-order valence-electron chi connectivity index (χ2n) is 6.31. The van der Waals surface area contributed by atoms with Crippen molar-refractivity contribution in [2.75, 3.05) is 13.1 Å². The molecule has 0 N–H and O–H groups in total.